The maximum absolute atomic E-state index is 13.3. The first kappa shape index (κ1) is 50.0. The quantitative estimate of drug-likeness (QED) is 0.0362. The van der Waals surface area contributed by atoms with Crippen molar-refractivity contribution in [3.63, 3.8) is 0 Å². The number of unbranched alkanes of at least 4 members (excludes halogenated alkanes) is 1. The lowest BCUT2D eigenvalue weighted by Crippen LogP contribution is -2.60. The van der Waals surface area contributed by atoms with E-state index in [1.165, 1.54) is 20.8 Å². The zero-order chi connectivity index (χ0) is 42.6. The molecule has 0 aliphatic rings. The Morgan fingerprint density at radius 3 is 1.42 bits per heavy atom. The third kappa shape index (κ3) is 18.8. The highest BCUT2D eigenvalue weighted by molar-refractivity contribution is 5.98. The minimum Gasteiger partial charge on any atom is -0.481 e. The highest BCUT2D eigenvalue weighted by Gasteiger charge is 2.33. The summed E-state index contributed by atoms with van der Waals surface area (Å²) >= 11 is 0. The smallest absolute Gasteiger partial charge is 0.328 e. The number of rotatable bonds is 26. The number of carboxylic acids is 2. The average Bonchev–Trinajstić information content (AvgIpc) is 3.10. The SMILES string of the molecule is CC(C)C[C@H](NC(=O)[C@H](C)NC(=O)[C@H](CC(=O)O)NC(=O)[C@H](CCCCN)NC(=O)[C@H](C)NC(=O)[C@@H](N)[C@@H](C)O)C(=O)N[C@@H](CO)C(=O)N[C@@H](CO)C(=O)O. The van der Waals surface area contributed by atoms with E-state index in [1.54, 1.807) is 13.8 Å². The molecule has 0 saturated carbocycles. The third-order valence-electron chi connectivity index (χ3n) is 7.87. The van der Waals surface area contributed by atoms with Crippen LogP contribution in [0.4, 0.5) is 0 Å². The summed E-state index contributed by atoms with van der Waals surface area (Å²) in [6.45, 7) is 5.43. The number of nitrogens with one attached hydrogen (secondary N) is 7. The molecule has 0 saturated heterocycles. The van der Waals surface area contributed by atoms with Gasteiger partial charge in [-0.05, 0) is 58.9 Å². The van der Waals surface area contributed by atoms with E-state index in [0.717, 1.165) is 0 Å². The highest BCUT2D eigenvalue weighted by Crippen LogP contribution is 2.08. The average molecular weight is 792 g/mol. The fraction of sp³-hybridized carbons (Fsp3) is 0.719. The van der Waals surface area contributed by atoms with Crippen LogP contribution in [0.3, 0.4) is 0 Å². The highest BCUT2D eigenvalue weighted by atomic mass is 16.4. The molecule has 0 aromatic carbocycles. The second kappa shape index (κ2) is 25.2. The summed E-state index contributed by atoms with van der Waals surface area (Å²) in [7, 11) is 0. The Hall–Kier alpha value is -4.97. The number of aliphatic hydroxyl groups excluding tert-OH is 3. The van der Waals surface area contributed by atoms with Gasteiger partial charge in [-0.2, -0.15) is 0 Å². The van der Waals surface area contributed by atoms with Gasteiger partial charge in [0.1, 0.15) is 48.3 Å². The third-order valence-corrected chi connectivity index (χ3v) is 7.87. The minimum atomic E-state index is -1.78. The topological polar surface area (TPSA) is 391 Å². The van der Waals surface area contributed by atoms with Crippen molar-refractivity contribution in [3.05, 3.63) is 0 Å². The largest absolute Gasteiger partial charge is 0.481 e. The van der Waals surface area contributed by atoms with Crippen molar-refractivity contribution < 1.29 is 68.7 Å². The van der Waals surface area contributed by atoms with E-state index in [2.05, 4.69) is 31.9 Å². The maximum Gasteiger partial charge on any atom is 0.328 e. The maximum atomic E-state index is 13.3. The zero-order valence-electron chi connectivity index (χ0n) is 31.5. The lowest BCUT2D eigenvalue weighted by atomic mass is 10.0. The van der Waals surface area contributed by atoms with Crippen LogP contribution in [0, 0.1) is 5.92 Å². The van der Waals surface area contributed by atoms with Gasteiger partial charge in [-0.25, -0.2) is 4.79 Å². The van der Waals surface area contributed by atoms with Gasteiger partial charge in [0.15, 0.2) is 0 Å². The summed E-state index contributed by atoms with van der Waals surface area (Å²) in [5, 5.41) is 62.7. The number of amides is 7. The van der Waals surface area contributed by atoms with E-state index in [4.69, 9.17) is 21.7 Å². The Labute approximate surface area is 317 Å². The van der Waals surface area contributed by atoms with Gasteiger partial charge < -0.3 is 74.2 Å². The van der Waals surface area contributed by atoms with E-state index in [9.17, 15) is 58.5 Å². The van der Waals surface area contributed by atoms with Gasteiger partial charge >= 0.3 is 11.9 Å². The predicted octanol–water partition coefficient (Wildman–Crippen LogP) is -6.15. The monoisotopic (exact) mass is 791 g/mol. The molecular weight excluding hydrogens is 734 g/mol. The van der Waals surface area contributed by atoms with Crippen LogP contribution in [-0.2, 0) is 43.2 Å². The van der Waals surface area contributed by atoms with Crippen LogP contribution in [0.25, 0.3) is 0 Å². The first-order valence-electron chi connectivity index (χ1n) is 17.5. The van der Waals surface area contributed by atoms with Crippen molar-refractivity contribution in [1.29, 1.82) is 0 Å². The predicted molar refractivity (Wildman–Crippen MR) is 191 cm³/mol. The van der Waals surface area contributed by atoms with Gasteiger partial charge in [0.25, 0.3) is 0 Å². The van der Waals surface area contributed by atoms with Crippen molar-refractivity contribution in [2.75, 3.05) is 19.8 Å². The number of aliphatic carboxylic acids is 2. The van der Waals surface area contributed by atoms with Crippen LogP contribution >= 0.6 is 0 Å². The number of carbonyl (C=O) groups excluding carboxylic acids is 7. The van der Waals surface area contributed by atoms with Crippen LogP contribution in [0.1, 0.15) is 66.7 Å². The number of hydrogen-bond acceptors (Lipinski definition) is 14. The van der Waals surface area contributed by atoms with Gasteiger partial charge in [0.05, 0.1) is 25.7 Å². The molecule has 16 N–H and O–H groups in total. The van der Waals surface area contributed by atoms with E-state index >= 15 is 0 Å². The molecule has 0 aromatic heterocycles. The number of nitrogens with two attached hydrogens (primary N) is 2. The van der Waals surface area contributed by atoms with Crippen LogP contribution in [0.15, 0.2) is 0 Å². The lowest BCUT2D eigenvalue weighted by Gasteiger charge is -2.26. The van der Waals surface area contributed by atoms with Crippen molar-refractivity contribution >= 4 is 53.3 Å². The Kier molecular flexibility index (Phi) is 22.9. The fourth-order valence-corrected chi connectivity index (χ4v) is 4.61. The molecule has 7 amide bonds. The molecule has 0 aromatic rings. The second-order valence-corrected chi connectivity index (χ2v) is 13.2. The Morgan fingerprint density at radius 1 is 0.545 bits per heavy atom. The molecule has 0 aliphatic carbocycles. The van der Waals surface area contributed by atoms with Crippen molar-refractivity contribution in [2.45, 2.75) is 121 Å². The molecule has 0 unspecified atom stereocenters. The summed E-state index contributed by atoms with van der Waals surface area (Å²) in [6.07, 6.45) is -1.47. The molecule has 9 atom stereocenters. The Bertz CT molecular complexity index is 1350. The molecule has 0 spiro atoms. The summed E-state index contributed by atoms with van der Waals surface area (Å²) in [5.74, 6) is -10.2. The van der Waals surface area contributed by atoms with Crippen LogP contribution in [0.2, 0.25) is 0 Å². The molecule has 0 rings (SSSR count). The molecule has 0 fully saturated rings. The van der Waals surface area contributed by atoms with E-state index < -0.39 is 127 Å². The van der Waals surface area contributed by atoms with Crippen LogP contribution < -0.4 is 48.7 Å². The van der Waals surface area contributed by atoms with Crippen molar-refractivity contribution in [3.8, 4) is 0 Å². The molecule has 23 nitrogen and oxygen atoms in total. The lowest BCUT2D eigenvalue weighted by molar-refractivity contribution is -0.144. The second-order valence-electron chi connectivity index (χ2n) is 13.2. The van der Waals surface area contributed by atoms with Gasteiger partial charge in [0, 0.05) is 0 Å². The molecule has 0 radical (unpaired) electrons. The van der Waals surface area contributed by atoms with Gasteiger partial charge in [-0.3, -0.25) is 38.4 Å². The van der Waals surface area contributed by atoms with Gasteiger partial charge in [0.2, 0.25) is 41.4 Å². The van der Waals surface area contributed by atoms with E-state index in [1.807, 2.05) is 5.32 Å². The number of aliphatic hydroxyl groups is 3. The fourth-order valence-electron chi connectivity index (χ4n) is 4.61. The first-order chi connectivity index (χ1) is 25.6. The van der Waals surface area contributed by atoms with Crippen molar-refractivity contribution in [2.24, 2.45) is 17.4 Å². The summed E-state index contributed by atoms with van der Waals surface area (Å²) in [4.78, 5) is 113. The van der Waals surface area contributed by atoms with E-state index in [0.29, 0.717) is 12.8 Å². The summed E-state index contributed by atoms with van der Waals surface area (Å²) in [5.41, 5.74) is 11.1. The van der Waals surface area contributed by atoms with E-state index in [-0.39, 0.29) is 25.3 Å². The molecule has 0 heterocycles. The molecule has 0 bridgehead atoms. The Balaban J connectivity index is 5.90. The number of carboxylic acid groups (broad SMARTS) is 2. The number of carbonyl (C=O) groups is 9. The summed E-state index contributed by atoms with van der Waals surface area (Å²) in [6, 6.07) is -11.9. The summed E-state index contributed by atoms with van der Waals surface area (Å²) < 4.78 is 0. The molecule has 314 valence electrons. The molecule has 0 aliphatic heterocycles. The normalized spacial score (nSPS) is 16.0. The molecule has 23 heteroatoms. The number of hydrogen-bond donors (Lipinski definition) is 14. The van der Waals surface area contributed by atoms with Gasteiger partial charge in [-0.15, -0.1) is 0 Å². The standard InChI is InChI=1S/C32H57N9O14/c1-14(2)10-19(29(51)40-21(12-42)30(52)41-22(13-43)32(54)55)38-26(48)15(3)35-28(50)20(11-23(45)46)39-27(49)18(8-6-7-9-33)37-25(47)16(4)36-31(53)24(34)17(5)44/h14-22,24,42-44H,6-13,33-34H2,1-5H3,(H,35,50)(H,36,53)(H,37,47)(H,38,48)(H,39,49)(H,40,51)(H,41,52)(H,45,46)(H,54,55)/t15-,16-,17+,18-,19-,20-,21-,22-,24-/m0/s1. The Morgan fingerprint density at radius 2 is 0.964 bits per heavy atom. The zero-order valence-corrected chi connectivity index (χ0v) is 31.5. The van der Waals surface area contributed by atoms with Crippen LogP contribution in [-0.4, -0.2) is 153 Å². The van der Waals surface area contributed by atoms with Crippen LogP contribution in [0.5, 0.6) is 0 Å². The first-order valence-corrected chi connectivity index (χ1v) is 17.5. The minimum absolute atomic E-state index is 0.0114. The van der Waals surface area contributed by atoms with Gasteiger partial charge in [-0.1, -0.05) is 13.8 Å². The molecule has 55 heavy (non-hydrogen) atoms. The van der Waals surface area contributed by atoms with Crippen molar-refractivity contribution in [1.82, 2.24) is 37.2 Å². The molecular formula is C32H57N9O14.